The Bertz CT molecular complexity index is 479. The molecule has 8 heteroatoms. The lowest BCUT2D eigenvalue weighted by Gasteiger charge is -2.29. The molecule has 1 saturated heterocycles. The zero-order valence-corrected chi connectivity index (χ0v) is 11.4. The van der Waals surface area contributed by atoms with Gasteiger partial charge in [-0.1, -0.05) is 0 Å². The molecule has 0 saturated carbocycles. The highest BCUT2D eigenvalue weighted by molar-refractivity contribution is 5.89. The topological polar surface area (TPSA) is 99.5 Å². The van der Waals surface area contributed by atoms with E-state index in [1.54, 1.807) is 0 Å². The lowest BCUT2D eigenvalue weighted by molar-refractivity contribution is -0.137. The number of hydrogen-bond acceptors (Lipinski definition) is 4. The van der Waals surface area contributed by atoms with Crippen LogP contribution < -0.4 is 10.6 Å². The first-order valence-electron chi connectivity index (χ1n) is 6.53. The highest BCUT2D eigenvalue weighted by Gasteiger charge is 2.18. The molecule has 8 nitrogen and oxygen atoms in total. The monoisotopic (exact) mass is 281 g/mol. The number of likely N-dealkylation sites (tertiary alicyclic amines) is 1. The minimum Gasteiger partial charge on any atom is -0.480 e. The largest absolute Gasteiger partial charge is 0.480 e. The quantitative estimate of drug-likeness (QED) is 0.731. The van der Waals surface area contributed by atoms with E-state index in [0.29, 0.717) is 5.69 Å². The maximum absolute atomic E-state index is 11.8. The molecular weight excluding hydrogens is 262 g/mol. The SMILES string of the molecule is CN1CCC(NC(=O)Nc2cnn(CC(=O)O)c2)CC1. The molecule has 0 radical (unpaired) electrons. The van der Waals surface area contributed by atoms with Crippen LogP contribution in [0.3, 0.4) is 0 Å². The van der Waals surface area contributed by atoms with Gasteiger partial charge in [0.2, 0.25) is 0 Å². The highest BCUT2D eigenvalue weighted by Crippen LogP contribution is 2.09. The Kier molecular flexibility index (Phi) is 4.57. The molecule has 0 unspecified atom stereocenters. The number of urea groups is 1. The molecule has 2 rings (SSSR count). The number of nitrogens with zero attached hydrogens (tertiary/aromatic N) is 3. The van der Waals surface area contributed by atoms with E-state index < -0.39 is 5.97 Å². The van der Waals surface area contributed by atoms with Gasteiger partial charge in [-0.3, -0.25) is 9.48 Å². The van der Waals surface area contributed by atoms with Crippen molar-refractivity contribution in [3.8, 4) is 0 Å². The molecule has 20 heavy (non-hydrogen) atoms. The number of hydrogen-bond donors (Lipinski definition) is 3. The van der Waals surface area contributed by atoms with Gasteiger partial charge >= 0.3 is 12.0 Å². The second kappa shape index (κ2) is 6.38. The zero-order valence-electron chi connectivity index (χ0n) is 11.4. The molecule has 0 bridgehead atoms. The second-order valence-electron chi connectivity index (χ2n) is 5.00. The van der Waals surface area contributed by atoms with Crippen LogP contribution in [0.15, 0.2) is 12.4 Å². The van der Waals surface area contributed by atoms with Gasteiger partial charge in [-0.2, -0.15) is 5.10 Å². The molecule has 3 N–H and O–H groups in total. The van der Waals surface area contributed by atoms with E-state index >= 15 is 0 Å². The normalized spacial score (nSPS) is 16.9. The van der Waals surface area contributed by atoms with E-state index in [4.69, 9.17) is 5.11 Å². The summed E-state index contributed by atoms with van der Waals surface area (Å²) in [5.74, 6) is -0.976. The molecule has 110 valence electrons. The first-order chi connectivity index (χ1) is 9.52. The van der Waals surface area contributed by atoms with Gasteiger partial charge in [-0.25, -0.2) is 4.79 Å². The number of carboxylic acids is 1. The predicted molar refractivity (Wildman–Crippen MR) is 72.5 cm³/mol. The fourth-order valence-corrected chi connectivity index (χ4v) is 2.16. The Hall–Kier alpha value is -2.09. The summed E-state index contributed by atoms with van der Waals surface area (Å²) in [4.78, 5) is 24.6. The molecule has 0 aliphatic carbocycles. The van der Waals surface area contributed by atoms with Gasteiger partial charge in [-0.05, 0) is 33.0 Å². The third-order valence-corrected chi connectivity index (χ3v) is 3.24. The number of nitrogens with one attached hydrogen (secondary N) is 2. The first kappa shape index (κ1) is 14.3. The molecule has 0 spiro atoms. The molecule has 0 atom stereocenters. The molecule has 1 fully saturated rings. The van der Waals surface area contributed by atoms with Crippen molar-refractivity contribution in [3.05, 3.63) is 12.4 Å². The van der Waals surface area contributed by atoms with Gasteiger partial charge in [0.1, 0.15) is 6.54 Å². The standard InChI is InChI=1S/C12H19N5O3/c1-16-4-2-9(3-5-16)14-12(20)15-10-6-13-17(7-10)8-11(18)19/h6-7,9H,2-5,8H2,1H3,(H,18,19)(H2,14,15,20). The van der Waals surface area contributed by atoms with E-state index in [1.807, 2.05) is 0 Å². The van der Waals surface area contributed by atoms with Crippen LogP contribution in [-0.4, -0.2) is 58.0 Å². The number of amides is 2. The molecule has 1 aliphatic heterocycles. The van der Waals surface area contributed by atoms with Crippen molar-refractivity contribution in [1.29, 1.82) is 0 Å². The minimum atomic E-state index is -0.976. The molecule has 1 aromatic rings. The summed E-state index contributed by atoms with van der Waals surface area (Å²) < 4.78 is 1.26. The third kappa shape index (κ3) is 4.23. The molecule has 1 aliphatic rings. The van der Waals surface area contributed by atoms with E-state index in [-0.39, 0.29) is 18.6 Å². The number of aromatic nitrogens is 2. The van der Waals surface area contributed by atoms with Gasteiger partial charge in [0.15, 0.2) is 0 Å². The second-order valence-corrected chi connectivity index (χ2v) is 5.00. The maximum atomic E-state index is 11.8. The Morgan fingerprint density at radius 1 is 1.45 bits per heavy atom. The van der Waals surface area contributed by atoms with Crippen LogP contribution in [0.4, 0.5) is 10.5 Å². The van der Waals surface area contributed by atoms with E-state index in [0.717, 1.165) is 25.9 Å². The summed E-state index contributed by atoms with van der Waals surface area (Å²) in [6.45, 7) is 1.72. The van der Waals surface area contributed by atoms with E-state index in [9.17, 15) is 9.59 Å². The summed E-state index contributed by atoms with van der Waals surface area (Å²) in [6.07, 6.45) is 4.78. The van der Waals surface area contributed by atoms with Gasteiger partial charge in [0.05, 0.1) is 11.9 Å². The van der Waals surface area contributed by atoms with Crippen molar-refractivity contribution in [3.63, 3.8) is 0 Å². The average Bonchev–Trinajstić information content (AvgIpc) is 2.78. The van der Waals surface area contributed by atoms with Gasteiger partial charge in [-0.15, -0.1) is 0 Å². The molecule has 0 aromatic carbocycles. The molecule has 2 amide bonds. The van der Waals surface area contributed by atoms with Crippen molar-refractivity contribution in [2.45, 2.75) is 25.4 Å². The first-order valence-corrected chi connectivity index (χ1v) is 6.53. The number of rotatable bonds is 4. The van der Waals surface area contributed by atoms with Crippen LogP contribution in [-0.2, 0) is 11.3 Å². The van der Waals surface area contributed by atoms with Crippen molar-refractivity contribution >= 4 is 17.7 Å². The van der Waals surface area contributed by atoms with Crippen LogP contribution in [0, 0.1) is 0 Å². The molecule has 2 heterocycles. The molecule has 1 aromatic heterocycles. The van der Waals surface area contributed by atoms with Crippen LogP contribution >= 0.6 is 0 Å². The average molecular weight is 281 g/mol. The molecular formula is C12H19N5O3. The number of carbonyl (C=O) groups is 2. The van der Waals surface area contributed by atoms with Crippen LogP contribution in [0.5, 0.6) is 0 Å². The number of piperidine rings is 1. The lowest BCUT2D eigenvalue weighted by Crippen LogP contribution is -2.44. The van der Waals surface area contributed by atoms with Crippen molar-refractivity contribution in [1.82, 2.24) is 20.0 Å². The number of carbonyl (C=O) groups excluding carboxylic acids is 1. The summed E-state index contributed by atoms with van der Waals surface area (Å²) >= 11 is 0. The Labute approximate surface area is 116 Å². The summed E-state index contributed by atoms with van der Waals surface area (Å²) in [5, 5.41) is 18.0. The van der Waals surface area contributed by atoms with E-state index in [2.05, 4.69) is 27.7 Å². The smallest absolute Gasteiger partial charge is 0.325 e. The van der Waals surface area contributed by atoms with Gasteiger partial charge in [0, 0.05) is 12.2 Å². The summed E-state index contributed by atoms with van der Waals surface area (Å²) in [6, 6.07) is -0.102. The van der Waals surface area contributed by atoms with Crippen molar-refractivity contribution in [2.75, 3.05) is 25.5 Å². The van der Waals surface area contributed by atoms with Gasteiger partial charge < -0.3 is 20.6 Å². The van der Waals surface area contributed by atoms with Crippen LogP contribution in [0.25, 0.3) is 0 Å². The number of carboxylic acid groups (broad SMARTS) is 1. The fraction of sp³-hybridized carbons (Fsp3) is 0.583. The predicted octanol–water partition coefficient (Wildman–Crippen LogP) is 0.183. The van der Waals surface area contributed by atoms with E-state index in [1.165, 1.54) is 17.1 Å². The highest BCUT2D eigenvalue weighted by atomic mass is 16.4. The Balaban J connectivity index is 1.79. The van der Waals surface area contributed by atoms with Crippen LogP contribution in [0.1, 0.15) is 12.8 Å². The zero-order chi connectivity index (χ0) is 14.5. The maximum Gasteiger partial charge on any atom is 0.325 e. The fourth-order valence-electron chi connectivity index (χ4n) is 2.16. The number of anilines is 1. The minimum absolute atomic E-state index is 0.181. The lowest BCUT2D eigenvalue weighted by atomic mass is 10.1. The Morgan fingerprint density at radius 3 is 2.80 bits per heavy atom. The van der Waals surface area contributed by atoms with Gasteiger partial charge in [0.25, 0.3) is 0 Å². The summed E-state index contributed by atoms with van der Waals surface area (Å²) in [5.41, 5.74) is 0.483. The summed E-state index contributed by atoms with van der Waals surface area (Å²) in [7, 11) is 2.06. The van der Waals surface area contributed by atoms with Crippen molar-refractivity contribution < 1.29 is 14.7 Å². The Morgan fingerprint density at radius 2 is 2.15 bits per heavy atom. The number of aliphatic carboxylic acids is 1. The van der Waals surface area contributed by atoms with Crippen LogP contribution in [0.2, 0.25) is 0 Å². The van der Waals surface area contributed by atoms with Crippen molar-refractivity contribution in [2.24, 2.45) is 0 Å². The third-order valence-electron chi connectivity index (χ3n) is 3.24.